The fourth-order valence-corrected chi connectivity index (χ4v) is 3.91. The number of carbonyl (C=O) groups is 1. The third kappa shape index (κ3) is 3.00. The van der Waals surface area contributed by atoms with Crippen molar-refractivity contribution in [1.29, 1.82) is 0 Å². The Hall–Kier alpha value is -1.68. The van der Waals surface area contributed by atoms with Gasteiger partial charge >= 0.3 is 0 Å². The number of hydrogen-bond donors (Lipinski definition) is 1. The number of amides is 1. The molecule has 0 aliphatic heterocycles. The smallest absolute Gasteiger partial charge is 0.263 e. The minimum Gasteiger partial charge on any atom is -0.350 e. The Balaban J connectivity index is 1.73. The van der Waals surface area contributed by atoms with Gasteiger partial charge < -0.3 is 5.32 Å². The topological polar surface area (TPSA) is 42.0 Å². The molecule has 1 aliphatic rings. The van der Waals surface area contributed by atoms with E-state index >= 15 is 0 Å². The van der Waals surface area contributed by atoms with Crippen LogP contribution in [0, 0.1) is 6.92 Å². The molecule has 0 unspecified atom stereocenters. The Labute approximate surface area is 129 Å². The monoisotopic (exact) mass is 300 g/mol. The zero-order chi connectivity index (χ0) is 14.7. The van der Waals surface area contributed by atoms with Crippen LogP contribution < -0.4 is 5.32 Å². The first-order chi connectivity index (χ1) is 10.2. The van der Waals surface area contributed by atoms with Crippen molar-refractivity contribution in [3.8, 4) is 0 Å². The van der Waals surface area contributed by atoms with Crippen LogP contribution in [-0.2, 0) is 5.41 Å². The maximum atomic E-state index is 12.2. The van der Waals surface area contributed by atoms with Gasteiger partial charge in [-0.15, -0.1) is 11.3 Å². The molecule has 4 heteroatoms. The lowest BCUT2D eigenvalue weighted by Crippen LogP contribution is -2.38. The lowest BCUT2D eigenvalue weighted by atomic mass is 9.79. The first-order valence-electron chi connectivity index (χ1n) is 7.46. The fraction of sp³-hybridized carbons (Fsp3) is 0.412. The van der Waals surface area contributed by atoms with Crippen LogP contribution in [0.2, 0.25) is 0 Å². The predicted octanol–water partition coefficient (Wildman–Crippen LogP) is 3.69. The average molecular weight is 300 g/mol. The molecule has 110 valence electrons. The molecule has 2 aromatic rings. The molecule has 1 fully saturated rings. The highest BCUT2D eigenvalue weighted by Crippen LogP contribution is 2.40. The van der Waals surface area contributed by atoms with Crippen molar-refractivity contribution in [3.63, 3.8) is 0 Å². The summed E-state index contributed by atoms with van der Waals surface area (Å²) in [6.07, 6.45) is 6.45. The van der Waals surface area contributed by atoms with Gasteiger partial charge in [-0.3, -0.25) is 4.79 Å². The minimum absolute atomic E-state index is 0.00260. The van der Waals surface area contributed by atoms with Crippen molar-refractivity contribution in [1.82, 2.24) is 10.3 Å². The van der Waals surface area contributed by atoms with Crippen LogP contribution in [0.25, 0.3) is 0 Å². The summed E-state index contributed by atoms with van der Waals surface area (Å²) in [6, 6.07) is 10.6. The first kappa shape index (κ1) is 14.3. The van der Waals surface area contributed by atoms with Gasteiger partial charge in [0.05, 0.1) is 11.2 Å². The Morgan fingerprint density at radius 3 is 2.62 bits per heavy atom. The van der Waals surface area contributed by atoms with Gasteiger partial charge in [-0.1, -0.05) is 43.2 Å². The van der Waals surface area contributed by atoms with E-state index in [0.717, 1.165) is 17.8 Å². The molecule has 3 rings (SSSR count). The van der Waals surface area contributed by atoms with E-state index in [9.17, 15) is 4.79 Å². The second-order valence-corrected chi connectivity index (χ2v) is 7.01. The van der Waals surface area contributed by atoms with E-state index in [4.69, 9.17) is 0 Å². The Kier molecular flexibility index (Phi) is 4.06. The van der Waals surface area contributed by atoms with Gasteiger partial charge in [0.15, 0.2) is 0 Å². The lowest BCUT2D eigenvalue weighted by molar-refractivity contribution is 0.0947. The van der Waals surface area contributed by atoms with Gasteiger partial charge in [0.1, 0.15) is 4.88 Å². The number of hydrogen-bond acceptors (Lipinski definition) is 3. The summed E-state index contributed by atoms with van der Waals surface area (Å²) in [4.78, 5) is 17.1. The van der Waals surface area contributed by atoms with E-state index in [0.29, 0.717) is 11.4 Å². The number of aryl methyl sites for hydroxylation is 1. The summed E-state index contributed by atoms with van der Waals surface area (Å²) in [7, 11) is 0. The number of rotatable bonds is 4. The Morgan fingerprint density at radius 1 is 1.29 bits per heavy atom. The summed E-state index contributed by atoms with van der Waals surface area (Å²) >= 11 is 1.45. The van der Waals surface area contributed by atoms with E-state index in [2.05, 4.69) is 34.6 Å². The maximum absolute atomic E-state index is 12.2. The zero-order valence-electron chi connectivity index (χ0n) is 12.3. The van der Waals surface area contributed by atoms with E-state index in [1.807, 2.05) is 13.0 Å². The molecule has 0 spiro atoms. The molecule has 0 bridgehead atoms. The zero-order valence-corrected chi connectivity index (χ0v) is 13.1. The van der Waals surface area contributed by atoms with Crippen LogP contribution in [0.4, 0.5) is 0 Å². The van der Waals surface area contributed by atoms with Crippen molar-refractivity contribution in [2.24, 2.45) is 0 Å². The second-order valence-electron chi connectivity index (χ2n) is 5.78. The molecular formula is C17H20N2OS. The number of thiazole rings is 1. The van der Waals surface area contributed by atoms with E-state index in [-0.39, 0.29) is 11.3 Å². The van der Waals surface area contributed by atoms with Crippen molar-refractivity contribution >= 4 is 17.2 Å². The highest BCUT2D eigenvalue weighted by molar-refractivity contribution is 7.13. The molecule has 0 atom stereocenters. The SMILES string of the molecule is Cc1ncc(C(=O)NCC2(c3ccccc3)CCCC2)s1. The summed E-state index contributed by atoms with van der Waals surface area (Å²) in [5.41, 5.74) is 1.46. The number of nitrogens with zero attached hydrogens (tertiary/aromatic N) is 1. The third-order valence-electron chi connectivity index (χ3n) is 4.38. The normalized spacial score (nSPS) is 16.8. The quantitative estimate of drug-likeness (QED) is 0.935. The van der Waals surface area contributed by atoms with Gasteiger partial charge in [-0.2, -0.15) is 0 Å². The average Bonchev–Trinajstić information content (AvgIpc) is 3.16. The fourth-order valence-electron chi connectivity index (χ4n) is 3.21. The molecule has 1 aromatic carbocycles. The maximum Gasteiger partial charge on any atom is 0.263 e. The molecule has 21 heavy (non-hydrogen) atoms. The predicted molar refractivity (Wildman–Crippen MR) is 85.8 cm³/mol. The minimum atomic E-state index is 0.00260. The van der Waals surface area contributed by atoms with E-state index in [1.165, 1.54) is 29.7 Å². The molecule has 1 amide bonds. The van der Waals surface area contributed by atoms with Crippen LogP contribution in [0.15, 0.2) is 36.5 Å². The molecule has 1 aliphatic carbocycles. The van der Waals surface area contributed by atoms with Crippen molar-refractivity contribution < 1.29 is 4.79 Å². The van der Waals surface area contributed by atoms with E-state index < -0.39 is 0 Å². The van der Waals surface area contributed by atoms with Gasteiger partial charge in [0.25, 0.3) is 5.91 Å². The van der Waals surface area contributed by atoms with Crippen LogP contribution in [-0.4, -0.2) is 17.4 Å². The molecule has 3 nitrogen and oxygen atoms in total. The summed E-state index contributed by atoms with van der Waals surface area (Å²) in [5, 5.41) is 4.05. The highest BCUT2D eigenvalue weighted by Gasteiger charge is 2.35. The molecule has 1 N–H and O–H groups in total. The molecule has 0 radical (unpaired) electrons. The van der Waals surface area contributed by atoms with Crippen molar-refractivity contribution in [2.45, 2.75) is 38.0 Å². The second kappa shape index (κ2) is 5.98. The molecule has 1 heterocycles. The molecule has 1 aromatic heterocycles. The molecular weight excluding hydrogens is 280 g/mol. The number of nitrogens with one attached hydrogen (secondary N) is 1. The largest absolute Gasteiger partial charge is 0.350 e. The summed E-state index contributed by atoms with van der Waals surface area (Å²) < 4.78 is 0. The standard InChI is InChI=1S/C17H20N2OS/c1-13-18-11-15(21-13)16(20)19-12-17(9-5-6-10-17)14-7-3-2-4-8-14/h2-4,7-8,11H,5-6,9-10,12H2,1H3,(H,19,20). The van der Waals surface area contributed by atoms with Gasteiger partial charge in [0, 0.05) is 12.0 Å². The number of benzene rings is 1. The van der Waals surface area contributed by atoms with Gasteiger partial charge in [-0.05, 0) is 25.3 Å². The number of carbonyl (C=O) groups excluding carboxylic acids is 1. The first-order valence-corrected chi connectivity index (χ1v) is 8.27. The Bertz CT molecular complexity index is 615. The summed E-state index contributed by atoms with van der Waals surface area (Å²) in [6.45, 7) is 2.64. The van der Waals surface area contributed by atoms with Gasteiger partial charge in [-0.25, -0.2) is 4.98 Å². The number of aromatic nitrogens is 1. The van der Waals surface area contributed by atoms with E-state index in [1.54, 1.807) is 6.20 Å². The van der Waals surface area contributed by atoms with Crippen LogP contribution in [0.3, 0.4) is 0 Å². The Morgan fingerprint density at radius 2 is 2.00 bits per heavy atom. The summed E-state index contributed by atoms with van der Waals surface area (Å²) in [5.74, 6) is 0.00260. The van der Waals surface area contributed by atoms with Crippen LogP contribution >= 0.6 is 11.3 Å². The molecule has 0 saturated heterocycles. The van der Waals surface area contributed by atoms with Gasteiger partial charge in [0.2, 0.25) is 0 Å². The van der Waals surface area contributed by atoms with Crippen molar-refractivity contribution in [3.05, 3.63) is 52.0 Å². The highest BCUT2D eigenvalue weighted by atomic mass is 32.1. The third-order valence-corrected chi connectivity index (χ3v) is 5.29. The van der Waals surface area contributed by atoms with Crippen LogP contribution in [0.1, 0.15) is 45.9 Å². The van der Waals surface area contributed by atoms with Crippen molar-refractivity contribution in [2.75, 3.05) is 6.54 Å². The molecule has 1 saturated carbocycles. The lowest BCUT2D eigenvalue weighted by Gasteiger charge is -2.30. The van der Waals surface area contributed by atoms with Crippen LogP contribution in [0.5, 0.6) is 0 Å².